The van der Waals surface area contributed by atoms with Crippen LogP contribution in [0.25, 0.3) is 0 Å². The highest BCUT2D eigenvalue weighted by Crippen LogP contribution is 2.34. The van der Waals surface area contributed by atoms with E-state index in [1.165, 1.54) is 12.1 Å². The number of amides is 2. The second-order valence-corrected chi connectivity index (χ2v) is 7.34. The van der Waals surface area contributed by atoms with Crippen LogP contribution in [-0.2, 0) is 19.7 Å². The molecule has 28 heavy (non-hydrogen) atoms. The van der Waals surface area contributed by atoms with Crippen LogP contribution in [0.1, 0.15) is 29.5 Å². The number of halogens is 1. The minimum Gasteiger partial charge on any atom is -0.381 e. The average Bonchev–Trinajstić information content (AvgIpc) is 2.70. The maximum Gasteiger partial charge on any atom is 0.313 e. The third-order valence-electron chi connectivity index (χ3n) is 5.46. The minimum atomic E-state index is -0.704. The standard InChI is InChI=1S/C22H25FN2O3/c1-15-3-8-19(13-16(15)2)25-21(27)20(26)24-14-22(9-11-28-12-10-22)17-4-6-18(23)7-5-17/h3-8,13H,9-12,14H2,1-2H3,(H,24,26)(H,25,27). The summed E-state index contributed by atoms with van der Waals surface area (Å²) in [6, 6.07) is 11.8. The first-order valence-electron chi connectivity index (χ1n) is 9.40. The third kappa shape index (κ3) is 4.57. The molecule has 1 aliphatic rings. The largest absolute Gasteiger partial charge is 0.381 e. The molecule has 2 N–H and O–H groups in total. The highest BCUT2D eigenvalue weighted by Gasteiger charge is 2.35. The lowest BCUT2D eigenvalue weighted by atomic mass is 9.74. The van der Waals surface area contributed by atoms with Gasteiger partial charge in [-0.3, -0.25) is 9.59 Å². The normalized spacial score (nSPS) is 15.7. The molecule has 0 spiro atoms. The Hall–Kier alpha value is -2.73. The van der Waals surface area contributed by atoms with Gasteiger partial charge in [-0.15, -0.1) is 0 Å². The topological polar surface area (TPSA) is 67.4 Å². The molecule has 148 valence electrons. The van der Waals surface area contributed by atoms with E-state index >= 15 is 0 Å². The van der Waals surface area contributed by atoms with Crippen molar-refractivity contribution in [1.29, 1.82) is 0 Å². The van der Waals surface area contributed by atoms with Crippen LogP contribution in [0.2, 0.25) is 0 Å². The lowest BCUT2D eigenvalue weighted by Gasteiger charge is -2.37. The van der Waals surface area contributed by atoms with Gasteiger partial charge in [0, 0.05) is 30.9 Å². The van der Waals surface area contributed by atoms with Crippen molar-refractivity contribution in [2.75, 3.05) is 25.1 Å². The smallest absolute Gasteiger partial charge is 0.313 e. The summed E-state index contributed by atoms with van der Waals surface area (Å²) in [6.07, 6.45) is 1.38. The first-order chi connectivity index (χ1) is 13.4. The van der Waals surface area contributed by atoms with E-state index in [4.69, 9.17) is 4.74 Å². The van der Waals surface area contributed by atoms with E-state index in [-0.39, 0.29) is 11.2 Å². The number of carbonyl (C=O) groups excluding carboxylic acids is 2. The van der Waals surface area contributed by atoms with Gasteiger partial charge in [0.2, 0.25) is 0 Å². The summed E-state index contributed by atoms with van der Waals surface area (Å²) in [6.45, 7) is 5.34. The Kier molecular flexibility index (Phi) is 6.09. The maximum absolute atomic E-state index is 13.3. The van der Waals surface area contributed by atoms with Crippen molar-refractivity contribution in [3.63, 3.8) is 0 Å². The van der Waals surface area contributed by atoms with Crippen LogP contribution in [0.15, 0.2) is 42.5 Å². The van der Waals surface area contributed by atoms with Crippen LogP contribution in [0.5, 0.6) is 0 Å². The predicted molar refractivity (Wildman–Crippen MR) is 106 cm³/mol. The summed E-state index contributed by atoms with van der Waals surface area (Å²) in [5, 5.41) is 5.38. The summed E-state index contributed by atoms with van der Waals surface area (Å²) in [5.41, 5.74) is 3.30. The SMILES string of the molecule is Cc1ccc(NC(=O)C(=O)NCC2(c3ccc(F)cc3)CCOCC2)cc1C. The Morgan fingerprint density at radius 2 is 1.68 bits per heavy atom. The first kappa shape index (κ1) is 20.0. The molecular weight excluding hydrogens is 359 g/mol. The molecule has 0 aliphatic carbocycles. The zero-order valence-corrected chi connectivity index (χ0v) is 16.2. The highest BCUT2D eigenvalue weighted by atomic mass is 19.1. The Bertz CT molecular complexity index is 859. The third-order valence-corrected chi connectivity index (χ3v) is 5.46. The molecule has 0 bridgehead atoms. The molecule has 0 atom stereocenters. The Balaban J connectivity index is 1.66. The molecule has 0 saturated carbocycles. The van der Waals surface area contributed by atoms with Gasteiger partial charge in [-0.2, -0.15) is 0 Å². The molecule has 1 fully saturated rings. The van der Waals surface area contributed by atoms with Crippen LogP contribution in [0.3, 0.4) is 0 Å². The van der Waals surface area contributed by atoms with Gasteiger partial charge in [0.25, 0.3) is 0 Å². The Morgan fingerprint density at radius 3 is 2.32 bits per heavy atom. The molecule has 5 nitrogen and oxygen atoms in total. The van der Waals surface area contributed by atoms with Gasteiger partial charge in [0.15, 0.2) is 0 Å². The lowest BCUT2D eigenvalue weighted by Crippen LogP contribution is -2.47. The van der Waals surface area contributed by atoms with Crippen molar-refractivity contribution in [2.24, 2.45) is 0 Å². The van der Waals surface area contributed by atoms with E-state index in [1.54, 1.807) is 18.2 Å². The number of carbonyl (C=O) groups is 2. The van der Waals surface area contributed by atoms with Crippen LogP contribution in [-0.4, -0.2) is 31.6 Å². The summed E-state index contributed by atoms with van der Waals surface area (Å²) in [4.78, 5) is 24.6. The molecule has 0 unspecified atom stereocenters. The molecule has 2 amide bonds. The quantitative estimate of drug-likeness (QED) is 0.796. The lowest BCUT2D eigenvalue weighted by molar-refractivity contribution is -0.136. The van der Waals surface area contributed by atoms with E-state index in [0.717, 1.165) is 16.7 Å². The predicted octanol–water partition coefficient (Wildman–Crippen LogP) is 3.25. The van der Waals surface area contributed by atoms with E-state index in [0.29, 0.717) is 38.3 Å². The van der Waals surface area contributed by atoms with Crippen molar-refractivity contribution < 1.29 is 18.7 Å². The fourth-order valence-corrected chi connectivity index (χ4v) is 3.47. The van der Waals surface area contributed by atoms with Gasteiger partial charge >= 0.3 is 11.8 Å². The van der Waals surface area contributed by atoms with Crippen molar-refractivity contribution in [1.82, 2.24) is 5.32 Å². The van der Waals surface area contributed by atoms with Gasteiger partial charge in [-0.05, 0) is 67.6 Å². The number of anilines is 1. The number of hydrogen-bond acceptors (Lipinski definition) is 3. The van der Waals surface area contributed by atoms with Gasteiger partial charge in [-0.25, -0.2) is 4.39 Å². The minimum absolute atomic E-state index is 0.293. The zero-order valence-electron chi connectivity index (χ0n) is 16.2. The number of ether oxygens (including phenoxy) is 1. The fraction of sp³-hybridized carbons (Fsp3) is 0.364. The van der Waals surface area contributed by atoms with Crippen LogP contribution in [0, 0.1) is 19.7 Å². The summed E-state index contributed by atoms with van der Waals surface area (Å²) < 4.78 is 18.8. The fourth-order valence-electron chi connectivity index (χ4n) is 3.47. The van der Waals surface area contributed by atoms with Gasteiger partial charge in [0.05, 0.1) is 0 Å². The van der Waals surface area contributed by atoms with E-state index in [9.17, 15) is 14.0 Å². The summed E-state index contributed by atoms with van der Waals surface area (Å²) >= 11 is 0. The van der Waals surface area contributed by atoms with Crippen molar-refractivity contribution in [2.45, 2.75) is 32.1 Å². The van der Waals surface area contributed by atoms with Crippen LogP contribution in [0.4, 0.5) is 10.1 Å². The molecule has 0 radical (unpaired) electrons. The molecule has 3 rings (SSSR count). The number of benzene rings is 2. The number of hydrogen-bond donors (Lipinski definition) is 2. The van der Waals surface area contributed by atoms with Gasteiger partial charge in [-0.1, -0.05) is 18.2 Å². The Labute approximate surface area is 164 Å². The van der Waals surface area contributed by atoms with E-state index in [2.05, 4.69) is 10.6 Å². The molecule has 1 heterocycles. The zero-order chi connectivity index (χ0) is 20.1. The second kappa shape index (κ2) is 8.52. The number of nitrogens with one attached hydrogen (secondary N) is 2. The van der Waals surface area contributed by atoms with Crippen LogP contribution < -0.4 is 10.6 Å². The van der Waals surface area contributed by atoms with Crippen LogP contribution >= 0.6 is 0 Å². The maximum atomic E-state index is 13.3. The molecule has 1 saturated heterocycles. The molecule has 2 aromatic rings. The number of rotatable bonds is 4. The molecular formula is C22H25FN2O3. The monoisotopic (exact) mass is 384 g/mol. The molecule has 2 aromatic carbocycles. The Morgan fingerprint density at radius 1 is 1.00 bits per heavy atom. The highest BCUT2D eigenvalue weighted by molar-refractivity contribution is 6.39. The van der Waals surface area contributed by atoms with Crippen molar-refractivity contribution >= 4 is 17.5 Å². The molecule has 0 aromatic heterocycles. The average molecular weight is 384 g/mol. The molecule has 6 heteroatoms. The van der Waals surface area contributed by atoms with E-state index < -0.39 is 11.8 Å². The van der Waals surface area contributed by atoms with Crippen molar-refractivity contribution in [3.05, 3.63) is 65.0 Å². The molecule has 1 aliphatic heterocycles. The first-order valence-corrected chi connectivity index (χ1v) is 9.40. The number of aryl methyl sites for hydroxylation is 2. The van der Waals surface area contributed by atoms with Gasteiger partial charge in [0.1, 0.15) is 5.82 Å². The van der Waals surface area contributed by atoms with Crippen molar-refractivity contribution in [3.8, 4) is 0 Å². The summed E-state index contributed by atoms with van der Waals surface area (Å²) in [5.74, 6) is -1.70. The summed E-state index contributed by atoms with van der Waals surface area (Å²) in [7, 11) is 0. The van der Waals surface area contributed by atoms with E-state index in [1.807, 2.05) is 26.0 Å². The second-order valence-electron chi connectivity index (χ2n) is 7.34. The van der Waals surface area contributed by atoms with Gasteiger partial charge < -0.3 is 15.4 Å².